The van der Waals surface area contributed by atoms with Crippen molar-refractivity contribution in [3.63, 3.8) is 0 Å². The summed E-state index contributed by atoms with van der Waals surface area (Å²) in [5, 5.41) is 3.33. The largest absolute Gasteiger partial charge is 0.478 e. The topological polar surface area (TPSA) is 47.0 Å². The molecule has 1 rings (SSSR count). The van der Waals surface area contributed by atoms with Crippen molar-refractivity contribution in [2.75, 3.05) is 18.5 Å². The number of hydrogen-bond donors (Lipinski definition) is 1. The van der Waals surface area contributed by atoms with Crippen LogP contribution in [0.15, 0.2) is 6.07 Å². The van der Waals surface area contributed by atoms with Gasteiger partial charge in [0.2, 0.25) is 5.88 Å². The van der Waals surface area contributed by atoms with Crippen molar-refractivity contribution in [2.45, 2.75) is 39.5 Å². The van der Waals surface area contributed by atoms with Crippen LogP contribution < -0.4 is 10.1 Å². The van der Waals surface area contributed by atoms with Gasteiger partial charge in [0, 0.05) is 12.6 Å². The van der Waals surface area contributed by atoms with Crippen molar-refractivity contribution < 1.29 is 4.74 Å². The Bertz CT molecular complexity index is 371. The van der Waals surface area contributed by atoms with E-state index >= 15 is 0 Å². The average Bonchev–Trinajstić information content (AvgIpc) is 2.25. The van der Waals surface area contributed by atoms with Crippen LogP contribution in [0.1, 0.15) is 33.0 Å². The zero-order chi connectivity index (χ0) is 13.5. The maximum Gasteiger partial charge on any atom is 0.218 e. The highest BCUT2D eigenvalue weighted by Gasteiger charge is 2.08. The summed E-state index contributed by atoms with van der Waals surface area (Å²) in [5.41, 5.74) is 0. The van der Waals surface area contributed by atoms with E-state index in [1.54, 1.807) is 6.07 Å². The Kier molecular flexibility index (Phi) is 6.19. The standard InChI is InChI=1S/C13H22ClN3O/c1-5-18-13-7-12(16-10(4)17-13)15-8-11(14)6-9(2)3/h7,9,11H,5-6,8H2,1-4H3,(H,15,16,17). The summed E-state index contributed by atoms with van der Waals surface area (Å²) in [6.45, 7) is 9.40. The molecule has 0 saturated carbocycles. The first kappa shape index (κ1) is 15.0. The molecule has 1 aromatic rings. The number of halogens is 1. The molecule has 0 saturated heterocycles. The molecule has 1 atom stereocenters. The SMILES string of the molecule is CCOc1cc(NCC(Cl)CC(C)C)nc(C)n1. The van der Waals surface area contributed by atoms with Gasteiger partial charge in [-0.25, -0.2) is 4.98 Å². The number of ether oxygens (including phenoxy) is 1. The number of alkyl halides is 1. The van der Waals surface area contributed by atoms with Gasteiger partial charge in [-0.2, -0.15) is 4.98 Å². The van der Waals surface area contributed by atoms with E-state index in [9.17, 15) is 0 Å². The fraction of sp³-hybridized carbons (Fsp3) is 0.692. The lowest BCUT2D eigenvalue weighted by molar-refractivity contribution is 0.325. The molecule has 5 heteroatoms. The Balaban J connectivity index is 2.56. The molecule has 0 aromatic carbocycles. The Morgan fingerprint density at radius 2 is 2.11 bits per heavy atom. The van der Waals surface area contributed by atoms with Gasteiger partial charge in [0.25, 0.3) is 0 Å². The van der Waals surface area contributed by atoms with E-state index in [1.807, 2.05) is 13.8 Å². The van der Waals surface area contributed by atoms with Crippen LogP contribution in [0.2, 0.25) is 0 Å². The maximum absolute atomic E-state index is 6.23. The summed E-state index contributed by atoms with van der Waals surface area (Å²) in [4.78, 5) is 8.50. The van der Waals surface area contributed by atoms with Crippen LogP contribution >= 0.6 is 11.6 Å². The average molecular weight is 272 g/mol. The molecule has 0 fully saturated rings. The van der Waals surface area contributed by atoms with Crippen LogP contribution in [-0.4, -0.2) is 28.5 Å². The molecule has 1 N–H and O–H groups in total. The van der Waals surface area contributed by atoms with Gasteiger partial charge in [0.1, 0.15) is 11.6 Å². The molecule has 0 spiro atoms. The van der Waals surface area contributed by atoms with Gasteiger partial charge >= 0.3 is 0 Å². The first-order chi connectivity index (χ1) is 8.51. The molecule has 0 aliphatic rings. The molecule has 0 bridgehead atoms. The quantitative estimate of drug-likeness (QED) is 0.774. The van der Waals surface area contributed by atoms with Gasteiger partial charge in [-0.15, -0.1) is 11.6 Å². The molecule has 1 unspecified atom stereocenters. The molecule has 102 valence electrons. The van der Waals surface area contributed by atoms with Crippen molar-refractivity contribution in [1.82, 2.24) is 9.97 Å². The Morgan fingerprint density at radius 3 is 2.72 bits per heavy atom. The van der Waals surface area contributed by atoms with Crippen LogP contribution in [0.4, 0.5) is 5.82 Å². The van der Waals surface area contributed by atoms with Crippen molar-refractivity contribution in [3.05, 3.63) is 11.9 Å². The third-order valence-corrected chi connectivity index (χ3v) is 2.67. The van der Waals surface area contributed by atoms with E-state index in [0.29, 0.717) is 30.8 Å². The molecule has 4 nitrogen and oxygen atoms in total. The fourth-order valence-corrected chi connectivity index (χ4v) is 2.10. The molecule has 1 aromatic heterocycles. The van der Waals surface area contributed by atoms with Crippen LogP contribution in [0, 0.1) is 12.8 Å². The zero-order valence-electron chi connectivity index (χ0n) is 11.5. The van der Waals surface area contributed by atoms with Crippen molar-refractivity contribution in [2.24, 2.45) is 5.92 Å². The molecule has 0 radical (unpaired) electrons. The summed E-state index contributed by atoms with van der Waals surface area (Å²) < 4.78 is 5.37. The second kappa shape index (κ2) is 7.41. The minimum absolute atomic E-state index is 0.107. The summed E-state index contributed by atoms with van der Waals surface area (Å²) >= 11 is 6.23. The lowest BCUT2D eigenvalue weighted by Gasteiger charge is -2.14. The van der Waals surface area contributed by atoms with Crippen LogP contribution in [0.5, 0.6) is 5.88 Å². The smallest absolute Gasteiger partial charge is 0.218 e. The first-order valence-electron chi connectivity index (χ1n) is 6.37. The van der Waals surface area contributed by atoms with Crippen LogP contribution in [0.25, 0.3) is 0 Å². The minimum atomic E-state index is 0.107. The second-order valence-corrected chi connectivity index (χ2v) is 5.30. The third-order valence-electron chi connectivity index (χ3n) is 2.34. The highest BCUT2D eigenvalue weighted by molar-refractivity contribution is 6.20. The molecule has 18 heavy (non-hydrogen) atoms. The van der Waals surface area contributed by atoms with E-state index in [2.05, 4.69) is 29.1 Å². The summed E-state index contributed by atoms with van der Waals surface area (Å²) in [6.07, 6.45) is 0.983. The first-order valence-corrected chi connectivity index (χ1v) is 6.81. The summed E-state index contributed by atoms with van der Waals surface area (Å²) in [6, 6.07) is 1.80. The lowest BCUT2D eigenvalue weighted by atomic mass is 10.1. The summed E-state index contributed by atoms with van der Waals surface area (Å²) in [5.74, 6) is 2.65. The number of aryl methyl sites for hydroxylation is 1. The van der Waals surface area contributed by atoms with E-state index in [0.717, 1.165) is 12.2 Å². The van der Waals surface area contributed by atoms with E-state index in [4.69, 9.17) is 16.3 Å². The van der Waals surface area contributed by atoms with Gasteiger partial charge in [-0.05, 0) is 26.2 Å². The molecule has 0 aliphatic carbocycles. The van der Waals surface area contributed by atoms with Crippen LogP contribution in [0.3, 0.4) is 0 Å². The fourth-order valence-electron chi connectivity index (χ4n) is 1.66. The van der Waals surface area contributed by atoms with Crippen molar-refractivity contribution in [3.8, 4) is 5.88 Å². The minimum Gasteiger partial charge on any atom is -0.478 e. The normalized spacial score (nSPS) is 12.6. The van der Waals surface area contributed by atoms with Gasteiger partial charge in [-0.1, -0.05) is 13.8 Å². The molecule has 1 heterocycles. The van der Waals surface area contributed by atoms with Crippen molar-refractivity contribution in [1.29, 1.82) is 0 Å². The number of hydrogen-bond acceptors (Lipinski definition) is 4. The lowest BCUT2D eigenvalue weighted by Crippen LogP contribution is -2.17. The van der Waals surface area contributed by atoms with E-state index < -0.39 is 0 Å². The number of anilines is 1. The molecule has 0 aliphatic heterocycles. The zero-order valence-corrected chi connectivity index (χ0v) is 12.3. The second-order valence-electron chi connectivity index (χ2n) is 4.68. The monoisotopic (exact) mass is 271 g/mol. The number of nitrogens with zero attached hydrogens (tertiary/aromatic N) is 2. The third kappa shape index (κ3) is 5.54. The van der Waals surface area contributed by atoms with Gasteiger partial charge in [0.05, 0.1) is 12.0 Å². The Labute approximate surface area is 114 Å². The number of rotatable bonds is 7. The number of aromatic nitrogens is 2. The van der Waals surface area contributed by atoms with Crippen LogP contribution in [-0.2, 0) is 0 Å². The van der Waals surface area contributed by atoms with E-state index in [-0.39, 0.29) is 5.38 Å². The highest BCUT2D eigenvalue weighted by atomic mass is 35.5. The number of nitrogens with one attached hydrogen (secondary N) is 1. The van der Waals surface area contributed by atoms with Gasteiger partial charge < -0.3 is 10.1 Å². The highest BCUT2D eigenvalue weighted by Crippen LogP contribution is 2.15. The molecular formula is C13H22ClN3O. The molecular weight excluding hydrogens is 250 g/mol. The van der Waals surface area contributed by atoms with Gasteiger partial charge in [-0.3, -0.25) is 0 Å². The van der Waals surface area contributed by atoms with Gasteiger partial charge in [0.15, 0.2) is 0 Å². The summed E-state index contributed by atoms with van der Waals surface area (Å²) in [7, 11) is 0. The Hall–Kier alpha value is -1.03. The van der Waals surface area contributed by atoms with Crippen molar-refractivity contribution >= 4 is 17.4 Å². The predicted octanol–water partition coefficient (Wildman–Crippen LogP) is 3.25. The van der Waals surface area contributed by atoms with E-state index in [1.165, 1.54) is 0 Å². The molecule has 0 amide bonds. The maximum atomic E-state index is 6.23. The predicted molar refractivity (Wildman–Crippen MR) is 75.5 cm³/mol. The Morgan fingerprint density at radius 1 is 1.39 bits per heavy atom.